The van der Waals surface area contributed by atoms with Gasteiger partial charge in [0, 0.05) is 23.4 Å². The monoisotopic (exact) mass is 424 g/mol. The first-order chi connectivity index (χ1) is 14.0. The summed E-state index contributed by atoms with van der Waals surface area (Å²) in [5, 5.41) is 4.98. The number of carbonyl (C=O) groups excluding carboxylic acids is 1. The van der Waals surface area contributed by atoms with Crippen LogP contribution in [0.4, 0.5) is 0 Å². The first kappa shape index (κ1) is 21.7. The molecule has 0 saturated carbocycles. The van der Waals surface area contributed by atoms with E-state index in [2.05, 4.69) is 5.32 Å². The minimum absolute atomic E-state index is 0. The second-order valence-corrected chi connectivity index (χ2v) is 7.52. The van der Waals surface area contributed by atoms with Crippen LogP contribution in [0.1, 0.15) is 17.3 Å². The van der Waals surface area contributed by atoms with Crippen molar-refractivity contribution in [3.05, 3.63) is 54.1 Å². The zero-order valence-electron chi connectivity index (χ0n) is 17.5. The lowest BCUT2D eigenvalue weighted by Gasteiger charge is -2.18. The average molecular weight is 425 g/mol. The average Bonchev–Trinajstić information content (AvgIpc) is 2.70. The topological polar surface area (TPSA) is 67.3 Å². The highest BCUT2D eigenvalue weighted by molar-refractivity contribution is 6.11. The zero-order valence-corrected chi connectivity index (χ0v) is 18.3. The van der Waals surface area contributed by atoms with Gasteiger partial charge >= 0.3 is 0 Å². The van der Waals surface area contributed by atoms with Gasteiger partial charge in [-0.25, -0.2) is 9.97 Å². The summed E-state index contributed by atoms with van der Waals surface area (Å²) >= 11 is 0. The van der Waals surface area contributed by atoms with Gasteiger partial charge in [-0.3, -0.25) is 4.79 Å². The Morgan fingerprint density at radius 3 is 2.47 bits per heavy atom. The van der Waals surface area contributed by atoms with E-state index in [0.717, 1.165) is 34.1 Å². The van der Waals surface area contributed by atoms with Crippen LogP contribution in [0.25, 0.3) is 32.8 Å². The molecule has 0 aliphatic heterocycles. The number of amides is 1. The molecule has 0 aliphatic rings. The SMILES string of the molecule is COc1cccc2c1ccc1nc3cccc(C(=O)NC(C)CN(C)C)c3nc12.Cl. The van der Waals surface area contributed by atoms with Crippen molar-refractivity contribution < 1.29 is 9.53 Å². The van der Waals surface area contributed by atoms with Gasteiger partial charge in [-0.2, -0.15) is 0 Å². The van der Waals surface area contributed by atoms with Crippen molar-refractivity contribution in [2.24, 2.45) is 0 Å². The van der Waals surface area contributed by atoms with Crippen LogP contribution in [-0.4, -0.2) is 54.6 Å². The number of fused-ring (bicyclic) bond motifs is 4. The van der Waals surface area contributed by atoms with Crippen molar-refractivity contribution in [3.63, 3.8) is 0 Å². The van der Waals surface area contributed by atoms with Crippen LogP contribution >= 0.6 is 12.4 Å². The molecule has 30 heavy (non-hydrogen) atoms. The number of benzene rings is 3. The first-order valence-corrected chi connectivity index (χ1v) is 9.59. The number of nitrogens with zero attached hydrogens (tertiary/aromatic N) is 3. The summed E-state index contributed by atoms with van der Waals surface area (Å²) in [5.74, 6) is 0.645. The number of ether oxygens (including phenoxy) is 1. The highest BCUT2D eigenvalue weighted by Gasteiger charge is 2.16. The molecule has 0 spiro atoms. The molecule has 1 unspecified atom stereocenters. The first-order valence-electron chi connectivity index (χ1n) is 9.59. The van der Waals surface area contributed by atoms with Crippen LogP contribution in [0.2, 0.25) is 0 Å². The van der Waals surface area contributed by atoms with E-state index < -0.39 is 0 Å². The second kappa shape index (κ2) is 8.81. The van der Waals surface area contributed by atoms with Gasteiger partial charge in [0.1, 0.15) is 11.3 Å². The third-order valence-corrected chi connectivity index (χ3v) is 4.93. The molecule has 0 radical (unpaired) electrons. The molecule has 7 heteroatoms. The number of para-hydroxylation sites is 1. The quantitative estimate of drug-likeness (QED) is 0.386. The molecule has 1 N–H and O–H groups in total. The largest absolute Gasteiger partial charge is 0.496 e. The maximum absolute atomic E-state index is 12.9. The van der Waals surface area contributed by atoms with E-state index in [4.69, 9.17) is 14.7 Å². The second-order valence-electron chi connectivity index (χ2n) is 7.52. The fourth-order valence-corrected chi connectivity index (χ4v) is 3.75. The third kappa shape index (κ3) is 4.01. The van der Waals surface area contributed by atoms with Crippen molar-refractivity contribution in [1.29, 1.82) is 0 Å². The van der Waals surface area contributed by atoms with E-state index in [-0.39, 0.29) is 24.4 Å². The zero-order chi connectivity index (χ0) is 20.5. The van der Waals surface area contributed by atoms with Gasteiger partial charge in [-0.15, -0.1) is 12.4 Å². The van der Waals surface area contributed by atoms with Gasteiger partial charge < -0.3 is 15.0 Å². The summed E-state index contributed by atoms with van der Waals surface area (Å²) in [7, 11) is 5.62. The molecule has 156 valence electrons. The normalized spacial score (nSPS) is 12.2. The molecule has 0 fully saturated rings. The number of aromatic nitrogens is 2. The molecule has 1 atom stereocenters. The molecular formula is C23H25ClN4O2. The lowest BCUT2D eigenvalue weighted by molar-refractivity contribution is 0.0936. The molecular weight excluding hydrogens is 400 g/mol. The fraction of sp³-hybridized carbons (Fsp3) is 0.261. The predicted octanol–water partition coefficient (Wildman–Crippen LogP) is 4.05. The Morgan fingerprint density at radius 2 is 1.73 bits per heavy atom. The van der Waals surface area contributed by atoms with E-state index in [1.165, 1.54) is 0 Å². The Kier molecular flexibility index (Phi) is 6.39. The van der Waals surface area contributed by atoms with Crippen LogP contribution in [0.3, 0.4) is 0 Å². The summed E-state index contributed by atoms with van der Waals surface area (Å²) in [6.07, 6.45) is 0. The van der Waals surface area contributed by atoms with E-state index in [9.17, 15) is 4.79 Å². The Hall–Kier alpha value is -2.96. The van der Waals surface area contributed by atoms with Crippen molar-refractivity contribution in [2.45, 2.75) is 13.0 Å². The number of nitrogens with one attached hydrogen (secondary N) is 1. The van der Waals surface area contributed by atoms with Gasteiger partial charge in [-0.05, 0) is 51.4 Å². The summed E-state index contributed by atoms with van der Waals surface area (Å²) in [6, 6.07) is 15.4. The molecule has 0 saturated heterocycles. The van der Waals surface area contributed by atoms with E-state index in [1.807, 2.05) is 68.4 Å². The summed E-state index contributed by atoms with van der Waals surface area (Å²) in [6.45, 7) is 2.75. The van der Waals surface area contributed by atoms with E-state index in [1.54, 1.807) is 13.2 Å². The Labute approximate surface area is 181 Å². The van der Waals surface area contributed by atoms with Crippen molar-refractivity contribution in [1.82, 2.24) is 20.2 Å². The number of rotatable bonds is 5. The molecule has 0 bridgehead atoms. The number of methoxy groups -OCH3 is 1. The van der Waals surface area contributed by atoms with Crippen molar-refractivity contribution >= 4 is 51.2 Å². The molecule has 3 aromatic carbocycles. The molecule has 1 heterocycles. The molecule has 0 aliphatic carbocycles. The molecule has 4 rings (SSSR count). The summed E-state index contributed by atoms with van der Waals surface area (Å²) < 4.78 is 5.48. The Balaban J connectivity index is 0.00000256. The predicted molar refractivity (Wildman–Crippen MR) is 124 cm³/mol. The maximum atomic E-state index is 12.9. The lowest BCUT2D eigenvalue weighted by atomic mass is 10.1. The summed E-state index contributed by atoms with van der Waals surface area (Å²) in [4.78, 5) is 24.6. The molecule has 4 aromatic rings. The van der Waals surface area contributed by atoms with Crippen LogP contribution < -0.4 is 10.1 Å². The van der Waals surface area contributed by atoms with Gasteiger partial charge in [0.15, 0.2) is 0 Å². The number of hydrogen-bond donors (Lipinski definition) is 1. The standard InChI is InChI=1S/C23H24N4O2.ClH/c1-14(13-27(2)3)24-23(28)17-8-5-9-18-22(17)26-21-16-7-6-10-20(29-4)15(16)11-12-19(21)25-18;/h5-12,14H,13H2,1-4H3,(H,24,28);1H. The number of carbonyl (C=O) groups is 1. The minimum Gasteiger partial charge on any atom is -0.496 e. The van der Waals surface area contributed by atoms with Crippen molar-refractivity contribution in [2.75, 3.05) is 27.7 Å². The summed E-state index contributed by atoms with van der Waals surface area (Å²) in [5.41, 5.74) is 3.38. The molecule has 1 aromatic heterocycles. The molecule has 1 amide bonds. The number of likely N-dealkylation sites (N-methyl/N-ethyl adjacent to an activating group) is 1. The highest BCUT2D eigenvalue weighted by atomic mass is 35.5. The maximum Gasteiger partial charge on any atom is 0.253 e. The minimum atomic E-state index is -0.142. The van der Waals surface area contributed by atoms with Gasteiger partial charge in [0.25, 0.3) is 5.91 Å². The lowest BCUT2D eigenvalue weighted by Crippen LogP contribution is -2.39. The fourth-order valence-electron chi connectivity index (χ4n) is 3.75. The van der Waals surface area contributed by atoms with Gasteiger partial charge in [0.2, 0.25) is 0 Å². The van der Waals surface area contributed by atoms with Gasteiger partial charge in [0.05, 0.1) is 29.2 Å². The third-order valence-electron chi connectivity index (χ3n) is 4.93. The van der Waals surface area contributed by atoms with Crippen LogP contribution in [-0.2, 0) is 0 Å². The van der Waals surface area contributed by atoms with Crippen molar-refractivity contribution in [3.8, 4) is 5.75 Å². The smallest absolute Gasteiger partial charge is 0.253 e. The van der Waals surface area contributed by atoms with Gasteiger partial charge in [-0.1, -0.05) is 18.2 Å². The van der Waals surface area contributed by atoms with E-state index in [0.29, 0.717) is 16.6 Å². The number of hydrogen-bond acceptors (Lipinski definition) is 5. The Morgan fingerprint density at radius 1 is 1.00 bits per heavy atom. The van der Waals surface area contributed by atoms with E-state index >= 15 is 0 Å². The van der Waals surface area contributed by atoms with Crippen LogP contribution in [0, 0.1) is 0 Å². The van der Waals surface area contributed by atoms with Crippen LogP contribution in [0.15, 0.2) is 48.5 Å². The Bertz CT molecular complexity index is 1230. The van der Waals surface area contributed by atoms with Crippen LogP contribution in [0.5, 0.6) is 5.75 Å². The number of halogens is 1. The highest BCUT2D eigenvalue weighted by Crippen LogP contribution is 2.31. The molecule has 6 nitrogen and oxygen atoms in total.